The zero-order valence-corrected chi connectivity index (χ0v) is 26.0. The normalized spacial score (nSPS) is 19.1. The molecule has 2 aromatic carbocycles. The molecule has 2 aromatic heterocycles. The summed E-state index contributed by atoms with van der Waals surface area (Å²) < 4.78 is 23.2. The van der Waals surface area contributed by atoms with E-state index in [1.807, 2.05) is 24.0 Å². The first-order chi connectivity index (χ1) is 21.3. The van der Waals surface area contributed by atoms with Crippen LogP contribution < -0.4 is 9.64 Å². The largest absolute Gasteiger partial charge is 0.460 e. The van der Waals surface area contributed by atoms with Crippen molar-refractivity contribution in [2.45, 2.75) is 45.6 Å². The molecule has 0 unspecified atom stereocenters. The van der Waals surface area contributed by atoms with Gasteiger partial charge in [-0.2, -0.15) is 15.1 Å². The molecular formula is C33H37ClFN7O2. The Bertz CT molecular complexity index is 1750. The number of aryl methyl sites for hydroxylation is 1. The van der Waals surface area contributed by atoms with Crippen LogP contribution in [0.4, 0.5) is 10.2 Å². The fourth-order valence-corrected chi connectivity index (χ4v) is 7.48. The van der Waals surface area contributed by atoms with E-state index < -0.39 is 5.82 Å². The number of piperidine rings is 2. The predicted octanol–water partition coefficient (Wildman–Crippen LogP) is 5.75. The summed E-state index contributed by atoms with van der Waals surface area (Å²) in [7, 11) is 0. The quantitative estimate of drug-likeness (QED) is 0.276. The third-order valence-electron chi connectivity index (χ3n) is 9.84. The van der Waals surface area contributed by atoms with Gasteiger partial charge in [-0.15, -0.1) is 0 Å². The molecule has 3 aliphatic rings. The number of fused-ring (bicyclic) bond motifs is 2. The van der Waals surface area contributed by atoms with E-state index in [1.165, 1.54) is 6.08 Å². The zero-order valence-electron chi connectivity index (χ0n) is 25.2. The number of ether oxygens (including phenoxy) is 1. The van der Waals surface area contributed by atoms with Crippen LogP contribution in [-0.2, 0) is 4.79 Å². The second-order valence-electron chi connectivity index (χ2n) is 12.5. The number of rotatable bonds is 6. The predicted molar refractivity (Wildman–Crippen MR) is 171 cm³/mol. The lowest BCUT2D eigenvalue weighted by Gasteiger charge is -2.54. The Hall–Kier alpha value is -3.76. The summed E-state index contributed by atoms with van der Waals surface area (Å²) >= 11 is 6.93. The fourth-order valence-electron chi connectivity index (χ4n) is 7.19. The lowest BCUT2D eigenvalue weighted by Crippen LogP contribution is -2.61. The van der Waals surface area contributed by atoms with Crippen LogP contribution in [0.5, 0.6) is 6.01 Å². The summed E-state index contributed by atoms with van der Waals surface area (Å²) in [6, 6.07) is 5.86. The Morgan fingerprint density at radius 2 is 1.91 bits per heavy atom. The number of anilines is 1. The minimum absolute atomic E-state index is 0.0197. The third kappa shape index (κ3) is 4.98. The number of hydrogen-bond donors (Lipinski definition) is 1. The number of halogens is 2. The molecule has 0 atom stereocenters. The molecule has 11 heteroatoms. The number of carbonyl (C=O) groups is 1. The average Bonchev–Trinajstić information content (AvgIpc) is 3.50. The van der Waals surface area contributed by atoms with Crippen LogP contribution in [0.25, 0.3) is 32.9 Å². The summed E-state index contributed by atoms with van der Waals surface area (Å²) in [4.78, 5) is 28.1. The summed E-state index contributed by atoms with van der Waals surface area (Å²) in [5.74, 6) is 0.119. The van der Waals surface area contributed by atoms with Gasteiger partial charge in [-0.1, -0.05) is 31.2 Å². The minimum atomic E-state index is -0.496. The van der Waals surface area contributed by atoms with E-state index in [9.17, 15) is 4.79 Å². The molecule has 0 radical (unpaired) electrons. The van der Waals surface area contributed by atoms with Crippen molar-refractivity contribution in [2.75, 3.05) is 50.7 Å². The van der Waals surface area contributed by atoms with E-state index in [4.69, 9.17) is 26.3 Å². The van der Waals surface area contributed by atoms with Crippen LogP contribution in [0.1, 0.15) is 38.2 Å². The van der Waals surface area contributed by atoms with Crippen LogP contribution in [0, 0.1) is 18.2 Å². The van der Waals surface area contributed by atoms with Crippen molar-refractivity contribution in [3.8, 4) is 17.1 Å². The van der Waals surface area contributed by atoms with E-state index >= 15 is 4.39 Å². The Balaban J connectivity index is 1.28. The standard InChI is InChI=1S/C33H37ClFN7O2/c1-4-26(43)42-18-33(19-42)10-14-41(15-11-33)31-22-16-24(34)28(27-20(3)6-7-25-23(27)17-36-39-25)29(35)30(22)37-32(38-31)44-21-8-12-40(5-2)13-9-21/h4,6-7,16-17,21H,1,5,8-15,18-19H2,2-3H3,(H,36,39). The molecule has 7 rings (SSSR count). The van der Waals surface area contributed by atoms with Crippen LogP contribution >= 0.6 is 11.6 Å². The molecular weight excluding hydrogens is 581 g/mol. The maximum absolute atomic E-state index is 16.8. The van der Waals surface area contributed by atoms with Crippen molar-refractivity contribution < 1.29 is 13.9 Å². The first-order valence-electron chi connectivity index (χ1n) is 15.5. The molecule has 0 saturated carbocycles. The number of H-pyrrole nitrogens is 1. The van der Waals surface area contributed by atoms with Gasteiger partial charge in [0.2, 0.25) is 5.91 Å². The lowest BCUT2D eigenvalue weighted by molar-refractivity contribution is -0.139. The van der Waals surface area contributed by atoms with Crippen molar-refractivity contribution in [3.05, 3.63) is 53.5 Å². The number of hydrogen-bond acceptors (Lipinski definition) is 7. The highest BCUT2D eigenvalue weighted by molar-refractivity contribution is 6.35. The number of carbonyl (C=O) groups excluding carboxylic acids is 1. The molecule has 4 aromatic rings. The number of likely N-dealkylation sites (tertiary alicyclic amines) is 2. The Morgan fingerprint density at radius 1 is 1.16 bits per heavy atom. The van der Waals surface area contributed by atoms with Crippen molar-refractivity contribution in [2.24, 2.45) is 5.41 Å². The van der Waals surface area contributed by atoms with Gasteiger partial charge >= 0.3 is 6.01 Å². The highest BCUT2D eigenvalue weighted by Crippen LogP contribution is 2.45. The van der Waals surface area contributed by atoms with Crippen molar-refractivity contribution >= 4 is 45.1 Å². The van der Waals surface area contributed by atoms with E-state index in [0.29, 0.717) is 27.4 Å². The molecule has 3 aliphatic heterocycles. The SMILES string of the molecule is C=CC(=O)N1CC2(CCN(c3nc(OC4CCN(CC)CC4)nc4c(F)c(-c5c(C)ccc6[nH]ncc56)c(Cl)cc34)CC2)C1. The number of nitrogens with one attached hydrogen (secondary N) is 1. The highest BCUT2D eigenvalue weighted by Gasteiger charge is 2.46. The number of aromatic amines is 1. The molecule has 230 valence electrons. The Labute approximate surface area is 261 Å². The summed E-state index contributed by atoms with van der Waals surface area (Å²) in [6.07, 6.45) is 6.59. The van der Waals surface area contributed by atoms with Crippen molar-refractivity contribution in [1.29, 1.82) is 0 Å². The van der Waals surface area contributed by atoms with Gasteiger partial charge in [0.25, 0.3) is 0 Å². The van der Waals surface area contributed by atoms with E-state index in [0.717, 1.165) is 88.0 Å². The van der Waals surface area contributed by atoms with Crippen molar-refractivity contribution in [1.82, 2.24) is 30.0 Å². The number of benzene rings is 2. The Morgan fingerprint density at radius 3 is 2.61 bits per heavy atom. The number of aromatic nitrogens is 4. The monoisotopic (exact) mass is 617 g/mol. The third-order valence-corrected chi connectivity index (χ3v) is 10.1. The van der Waals surface area contributed by atoms with Gasteiger partial charge in [0.15, 0.2) is 5.82 Å². The van der Waals surface area contributed by atoms with Gasteiger partial charge in [0.1, 0.15) is 17.4 Å². The maximum atomic E-state index is 16.8. The van der Waals surface area contributed by atoms with Gasteiger partial charge in [-0.3, -0.25) is 9.89 Å². The van der Waals surface area contributed by atoms with Gasteiger partial charge in [0, 0.05) is 66.6 Å². The van der Waals surface area contributed by atoms with Gasteiger partial charge in [0.05, 0.1) is 16.7 Å². The number of nitrogens with zero attached hydrogens (tertiary/aromatic N) is 6. The fraction of sp³-hybridized carbons (Fsp3) is 0.455. The molecule has 1 spiro atoms. The molecule has 0 bridgehead atoms. The van der Waals surface area contributed by atoms with Gasteiger partial charge < -0.3 is 19.4 Å². The minimum Gasteiger partial charge on any atom is -0.460 e. The molecule has 9 nitrogen and oxygen atoms in total. The molecule has 1 N–H and O–H groups in total. The van der Waals surface area contributed by atoms with Crippen LogP contribution in [0.15, 0.2) is 37.1 Å². The summed E-state index contributed by atoms with van der Waals surface area (Å²) in [6.45, 7) is 13.6. The second-order valence-corrected chi connectivity index (χ2v) is 12.9. The Kier molecular flexibility index (Phi) is 7.45. The molecule has 3 fully saturated rings. The smallest absolute Gasteiger partial charge is 0.319 e. The topological polar surface area (TPSA) is 90.5 Å². The average molecular weight is 618 g/mol. The maximum Gasteiger partial charge on any atom is 0.319 e. The number of amides is 1. The molecule has 0 aliphatic carbocycles. The summed E-state index contributed by atoms with van der Waals surface area (Å²) in [5.41, 5.74) is 2.98. The molecule has 3 saturated heterocycles. The van der Waals surface area contributed by atoms with Crippen molar-refractivity contribution in [3.63, 3.8) is 0 Å². The van der Waals surface area contributed by atoms with Gasteiger partial charge in [-0.05, 0) is 62.9 Å². The lowest BCUT2D eigenvalue weighted by atomic mass is 9.72. The van der Waals surface area contributed by atoms with E-state index in [2.05, 4.69) is 33.5 Å². The highest BCUT2D eigenvalue weighted by atomic mass is 35.5. The molecule has 44 heavy (non-hydrogen) atoms. The second kappa shape index (κ2) is 11.3. The molecule has 1 amide bonds. The summed E-state index contributed by atoms with van der Waals surface area (Å²) in [5, 5.41) is 8.82. The zero-order chi connectivity index (χ0) is 30.6. The first kappa shape index (κ1) is 29.0. The molecule has 5 heterocycles. The first-order valence-corrected chi connectivity index (χ1v) is 15.8. The van der Waals surface area contributed by atoms with E-state index in [1.54, 1.807) is 12.3 Å². The van der Waals surface area contributed by atoms with Gasteiger partial charge in [-0.25, -0.2) is 4.39 Å². The van der Waals surface area contributed by atoms with Crippen LogP contribution in [-0.4, -0.2) is 87.8 Å². The van der Waals surface area contributed by atoms with Crippen LogP contribution in [0.3, 0.4) is 0 Å². The van der Waals surface area contributed by atoms with E-state index in [-0.39, 0.29) is 29.0 Å². The van der Waals surface area contributed by atoms with Crippen LogP contribution in [0.2, 0.25) is 5.02 Å².